The zero-order chi connectivity index (χ0) is 12.7. The van der Waals surface area contributed by atoms with Crippen molar-refractivity contribution in [3.63, 3.8) is 0 Å². The second-order valence-electron chi connectivity index (χ2n) is 4.44. The Hall–Kier alpha value is -1.30. The predicted octanol–water partition coefficient (Wildman–Crippen LogP) is -0.484. The number of amides is 3. The molecule has 3 amide bonds. The minimum atomic E-state index is 0.00403. The van der Waals surface area contributed by atoms with Crippen LogP contribution in [0.1, 0.15) is 20.3 Å². The Kier molecular flexibility index (Phi) is 5.76. The number of carbonyl (C=O) groups is 2. The third-order valence-corrected chi connectivity index (χ3v) is 2.48. The summed E-state index contributed by atoms with van der Waals surface area (Å²) in [5, 5.41) is 8.73. The molecule has 0 bridgehead atoms. The molecular formula is C11H22N4O2. The third kappa shape index (κ3) is 5.53. The maximum absolute atomic E-state index is 11.3. The van der Waals surface area contributed by atoms with Crippen molar-refractivity contribution < 1.29 is 9.59 Å². The number of hydrogen-bond acceptors (Lipinski definition) is 3. The molecule has 1 aliphatic rings. The van der Waals surface area contributed by atoms with Crippen LogP contribution in [0.25, 0.3) is 0 Å². The number of nitrogens with zero attached hydrogens (tertiary/aromatic N) is 1. The number of hydrogen-bond donors (Lipinski definition) is 3. The lowest BCUT2D eigenvalue weighted by Gasteiger charge is -2.14. The molecule has 6 heteroatoms. The maximum Gasteiger partial charge on any atom is 0.317 e. The summed E-state index contributed by atoms with van der Waals surface area (Å²) in [6.45, 7) is 7.45. The fourth-order valence-corrected chi connectivity index (χ4v) is 1.66. The molecule has 0 aromatic rings. The van der Waals surface area contributed by atoms with Crippen LogP contribution in [0.3, 0.4) is 0 Å². The molecule has 0 aromatic carbocycles. The first kappa shape index (κ1) is 13.8. The second kappa shape index (κ2) is 7.11. The number of rotatable bonds is 7. The van der Waals surface area contributed by atoms with Gasteiger partial charge in [-0.05, 0) is 13.8 Å². The van der Waals surface area contributed by atoms with Crippen molar-refractivity contribution in [2.75, 3.05) is 32.7 Å². The van der Waals surface area contributed by atoms with E-state index in [-0.39, 0.29) is 18.0 Å². The van der Waals surface area contributed by atoms with Gasteiger partial charge >= 0.3 is 6.03 Å². The van der Waals surface area contributed by atoms with Crippen LogP contribution in [0, 0.1) is 0 Å². The largest absolute Gasteiger partial charge is 0.354 e. The minimum Gasteiger partial charge on any atom is -0.354 e. The molecule has 0 radical (unpaired) electrons. The first-order valence-corrected chi connectivity index (χ1v) is 6.12. The SMILES string of the molecule is CC(C)NC(=O)CCNCCN1CCNC1=O. The van der Waals surface area contributed by atoms with Crippen LogP contribution in [0.5, 0.6) is 0 Å². The topological polar surface area (TPSA) is 73.5 Å². The van der Waals surface area contributed by atoms with Crippen molar-refractivity contribution in [1.29, 1.82) is 0 Å². The molecule has 3 N–H and O–H groups in total. The zero-order valence-electron chi connectivity index (χ0n) is 10.6. The van der Waals surface area contributed by atoms with Crippen LogP contribution in [0.2, 0.25) is 0 Å². The molecule has 1 rings (SSSR count). The van der Waals surface area contributed by atoms with E-state index in [0.29, 0.717) is 19.5 Å². The summed E-state index contributed by atoms with van der Waals surface area (Å²) in [6, 6.07) is 0.195. The van der Waals surface area contributed by atoms with Gasteiger partial charge in [-0.2, -0.15) is 0 Å². The molecule has 0 aliphatic carbocycles. The lowest BCUT2D eigenvalue weighted by Crippen LogP contribution is -2.36. The fourth-order valence-electron chi connectivity index (χ4n) is 1.66. The van der Waals surface area contributed by atoms with Crippen molar-refractivity contribution in [3.05, 3.63) is 0 Å². The molecule has 0 atom stereocenters. The van der Waals surface area contributed by atoms with E-state index in [4.69, 9.17) is 0 Å². The molecule has 0 aromatic heterocycles. The van der Waals surface area contributed by atoms with Crippen molar-refractivity contribution in [2.24, 2.45) is 0 Å². The monoisotopic (exact) mass is 242 g/mol. The van der Waals surface area contributed by atoms with Gasteiger partial charge in [0.25, 0.3) is 0 Å². The van der Waals surface area contributed by atoms with Gasteiger partial charge in [-0.1, -0.05) is 0 Å². The van der Waals surface area contributed by atoms with E-state index in [2.05, 4.69) is 16.0 Å². The lowest BCUT2D eigenvalue weighted by atomic mass is 10.3. The predicted molar refractivity (Wildman–Crippen MR) is 65.7 cm³/mol. The Labute approximate surface area is 102 Å². The highest BCUT2D eigenvalue weighted by molar-refractivity contribution is 5.76. The fraction of sp³-hybridized carbons (Fsp3) is 0.818. The van der Waals surface area contributed by atoms with E-state index >= 15 is 0 Å². The molecule has 17 heavy (non-hydrogen) atoms. The van der Waals surface area contributed by atoms with Crippen LogP contribution in [-0.4, -0.2) is 55.6 Å². The zero-order valence-corrected chi connectivity index (χ0v) is 10.6. The molecular weight excluding hydrogens is 220 g/mol. The average molecular weight is 242 g/mol. The molecule has 1 saturated heterocycles. The van der Waals surface area contributed by atoms with Crippen molar-refractivity contribution in [2.45, 2.75) is 26.3 Å². The number of urea groups is 1. The smallest absolute Gasteiger partial charge is 0.317 e. The van der Waals surface area contributed by atoms with Gasteiger partial charge in [-0.15, -0.1) is 0 Å². The van der Waals surface area contributed by atoms with Gasteiger partial charge < -0.3 is 20.9 Å². The highest BCUT2D eigenvalue weighted by atomic mass is 16.2. The van der Waals surface area contributed by atoms with E-state index in [1.807, 2.05) is 13.8 Å². The van der Waals surface area contributed by atoms with Gasteiger partial charge in [0.15, 0.2) is 0 Å². The van der Waals surface area contributed by atoms with E-state index in [1.165, 1.54) is 0 Å². The molecule has 0 saturated carbocycles. The molecule has 6 nitrogen and oxygen atoms in total. The summed E-state index contributed by atoms with van der Waals surface area (Å²) in [5.41, 5.74) is 0. The van der Waals surface area contributed by atoms with Crippen LogP contribution >= 0.6 is 0 Å². The van der Waals surface area contributed by atoms with Gasteiger partial charge in [0.2, 0.25) is 5.91 Å². The third-order valence-electron chi connectivity index (χ3n) is 2.48. The van der Waals surface area contributed by atoms with Crippen LogP contribution in [-0.2, 0) is 4.79 Å². The standard InChI is InChI=1S/C11H22N4O2/c1-9(2)14-10(16)3-4-12-5-7-15-8-6-13-11(15)17/h9,12H,3-8H2,1-2H3,(H,13,17)(H,14,16). The first-order valence-electron chi connectivity index (χ1n) is 6.12. The molecule has 1 heterocycles. The Morgan fingerprint density at radius 2 is 2.24 bits per heavy atom. The summed E-state index contributed by atoms with van der Waals surface area (Å²) in [5.74, 6) is 0.0615. The lowest BCUT2D eigenvalue weighted by molar-refractivity contribution is -0.121. The molecule has 0 unspecified atom stereocenters. The summed E-state index contributed by atoms with van der Waals surface area (Å²) in [7, 11) is 0. The van der Waals surface area contributed by atoms with Gasteiger partial charge in [-0.25, -0.2) is 4.79 Å². The van der Waals surface area contributed by atoms with Crippen molar-refractivity contribution in [1.82, 2.24) is 20.9 Å². The average Bonchev–Trinajstić information content (AvgIpc) is 2.63. The summed E-state index contributed by atoms with van der Waals surface area (Å²) < 4.78 is 0. The molecule has 1 fully saturated rings. The minimum absolute atomic E-state index is 0.00403. The van der Waals surface area contributed by atoms with Crippen LogP contribution in [0.4, 0.5) is 4.79 Å². The first-order chi connectivity index (χ1) is 8.09. The van der Waals surface area contributed by atoms with Gasteiger partial charge in [0.1, 0.15) is 0 Å². The highest BCUT2D eigenvalue weighted by Gasteiger charge is 2.17. The van der Waals surface area contributed by atoms with Crippen LogP contribution < -0.4 is 16.0 Å². The van der Waals surface area contributed by atoms with Crippen molar-refractivity contribution in [3.8, 4) is 0 Å². The molecule has 98 valence electrons. The normalized spacial score (nSPS) is 15.2. The number of carbonyl (C=O) groups excluding carboxylic acids is 2. The Bertz CT molecular complexity index is 268. The van der Waals surface area contributed by atoms with Gasteiger partial charge in [0, 0.05) is 45.2 Å². The van der Waals surface area contributed by atoms with E-state index in [1.54, 1.807) is 4.90 Å². The van der Waals surface area contributed by atoms with Gasteiger partial charge in [-0.3, -0.25) is 4.79 Å². The Morgan fingerprint density at radius 1 is 1.47 bits per heavy atom. The summed E-state index contributed by atoms with van der Waals surface area (Å²) in [4.78, 5) is 24.3. The Morgan fingerprint density at radius 3 is 2.82 bits per heavy atom. The summed E-state index contributed by atoms with van der Waals surface area (Å²) in [6.07, 6.45) is 0.477. The van der Waals surface area contributed by atoms with E-state index in [9.17, 15) is 9.59 Å². The maximum atomic E-state index is 11.3. The molecule has 0 spiro atoms. The van der Waals surface area contributed by atoms with Crippen LogP contribution in [0.15, 0.2) is 0 Å². The quantitative estimate of drug-likeness (QED) is 0.528. The van der Waals surface area contributed by atoms with Gasteiger partial charge in [0.05, 0.1) is 0 Å². The Balaban J connectivity index is 1.97. The number of nitrogens with one attached hydrogen (secondary N) is 3. The van der Waals surface area contributed by atoms with E-state index in [0.717, 1.165) is 19.6 Å². The highest BCUT2D eigenvalue weighted by Crippen LogP contribution is 1.94. The van der Waals surface area contributed by atoms with E-state index < -0.39 is 0 Å². The molecule has 1 aliphatic heterocycles. The second-order valence-corrected chi connectivity index (χ2v) is 4.44. The van der Waals surface area contributed by atoms with Crippen molar-refractivity contribution >= 4 is 11.9 Å². The summed E-state index contributed by atoms with van der Waals surface area (Å²) >= 11 is 0.